The summed E-state index contributed by atoms with van der Waals surface area (Å²) in [5, 5.41) is 12.4. The Morgan fingerprint density at radius 3 is 2.33 bits per heavy atom. The van der Waals surface area contributed by atoms with Crippen LogP contribution < -0.4 is 5.32 Å². The Bertz CT molecular complexity index is 651. The predicted octanol–water partition coefficient (Wildman–Crippen LogP) is 2.85. The van der Waals surface area contributed by atoms with Crippen LogP contribution in [0.5, 0.6) is 5.75 Å². The smallest absolute Gasteiger partial charge is 0.492 e. The molecule has 0 bridgehead atoms. The fourth-order valence-electron chi connectivity index (χ4n) is 2.44. The van der Waals surface area contributed by atoms with Gasteiger partial charge in [-0.25, -0.2) is 0 Å². The van der Waals surface area contributed by atoms with Crippen LogP contribution in [0.15, 0.2) is 23.7 Å². The van der Waals surface area contributed by atoms with Gasteiger partial charge in [0.15, 0.2) is 0 Å². The molecule has 0 aromatic heterocycles. The van der Waals surface area contributed by atoms with Crippen molar-refractivity contribution >= 4 is 19.1 Å². The molecule has 1 aromatic carbocycles. The van der Waals surface area contributed by atoms with Crippen LogP contribution in [0.3, 0.4) is 0 Å². The van der Waals surface area contributed by atoms with Crippen molar-refractivity contribution in [3.63, 3.8) is 0 Å². The molecule has 0 unspecified atom stereocenters. The Labute approximate surface area is 144 Å². The van der Waals surface area contributed by atoms with Gasteiger partial charge < -0.3 is 19.7 Å². The fraction of sp³-hybridized carbons (Fsp3) is 0.500. The molecule has 1 aromatic rings. The van der Waals surface area contributed by atoms with Gasteiger partial charge in [0, 0.05) is 13.5 Å². The highest BCUT2D eigenvalue weighted by atomic mass is 16.7. The summed E-state index contributed by atoms with van der Waals surface area (Å²) in [7, 11) is -0.532. The number of hydrogen-bond acceptors (Lipinski definition) is 4. The van der Waals surface area contributed by atoms with Gasteiger partial charge in [0.05, 0.1) is 11.2 Å². The van der Waals surface area contributed by atoms with Gasteiger partial charge in [-0.1, -0.05) is 12.1 Å². The molecule has 1 saturated heterocycles. The molecule has 6 heteroatoms. The number of carbonyl (C=O) groups excluding carboxylic acids is 1. The predicted molar refractivity (Wildman–Crippen MR) is 95.6 cm³/mol. The summed E-state index contributed by atoms with van der Waals surface area (Å²) in [6.07, 6.45) is 1.95. The third-order valence-electron chi connectivity index (χ3n) is 4.69. The number of aryl methyl sites for hydroxylation is 1. The molecule has 0 spiro atoms. The van der Waals surface area contributed by atoms with Crippen molar-refractivity contribution < 1.29 is 19.2 Å². The highest BCUT2D eigenvalue weighted by Gasteiger charge is 2.52. The zero-order chi connectivity index (χ0) is 18.1. The fourth-order valence-corrected chi connectivity index (χ4v) is 2.44. The van der Waals surface area contributed by atoms with E-state index in [1.54, 1.807) is 12.1 Å². The maximum absolute atomic E-state index is 11.3. The zero-order valence-electron chi connectivity index (χ0n) is 15.3. The summed E-state index contributed by atoms with van der Waals surface area (Å²) in [6, 6.07) is 5.18. The van der Waals surface area contributed by atoms with Gasteiger partial charge in [0.2, 0.25) is 5.91 Å². The van der Waals surface area contributed by atoms with Crippen molar-refractivity contribution in [2.75, 3.05) is 6.54 Å². The number of rotatable bonds is 4. The standard InChI is InChI=1S/C18H26BNO4/c1-12-9-16(22)8-7-14(12)10-15(11-20-13(2)21)19-23-17(3,4)18(5,6)24-19/h7-10,22H,11H2,1-6H3,(H,20,21). The topological polar surface area (TPSA) is 67.8 Å². The largest absolute Gasteiger partial charge is 0.508 e. The second kappa shape index (κ2) is 6.61. The van der Waals surface area contributed by atoms with Gasteiger partial charge in [-0.2, -0.15) is 0 Å². The Hall–Kier alpha value is -1.79. The molecule has 0 atom stereocenters. The van der Waals surface area contributed by atoms with E-state index in [4.69, 9.17) is 9.31 Å². The molecule has 2 rings (SSSR count). The van der Waals surface area contributed by atoms with Crippen LogP contribution in [0, 0.1) is 6.92 Å². The molecule has 0 aliphatic carbocycles. The van der Waals surface area contributed by atoms with E-state index in [2.05, 4.69) is 5.32 Å². The van der Waals surface area contributed by atoms with Crippen LogP contribution in [0.4, 0.5) is 0 Å². The second-order valence-electron chi connectivity index (χ2n) is 7.26. The molecule has 0 saturated carbocycles. The summed E-state index contributed by atoms with van der Waals surface area (Å²) < 4.78 is 12.2. The Morgan fingerprint density at radius 2 is 1.83 bits per heavy atom. The Kier molecular flexibility index (Phi) is 5.11. The van der Waals surface area contributed by atoms with E-state index < -0.39 is 18.3 Å². The maximum Gasteiger partial charge on any atom is 0.492 e. The average molecular weight is 331 g/mol. The van der Waals surface area contributed by atoms with Crippen LogP contribution in [-0.4, -0.2) is 35.9 Å². The SMILES string of the molecule is CC(=O)NCC(=Cc1ccc(O)cc1C)B1OC(C)(C)C(C)(C)O1. The van der Waals surface area contributed by atoms with Crippen molar-refractivity contribution in [2.45, 2.75) is 52.7 Å². The monoisotopic (exact) mass is 331 g/mol. The first-order chi connectivity index (χ1) is 11.0. The van der Waals surface area contributed by atoms with E-state index in [1.165, 1.54) is 6.92 Å². The molecular weight excluding hydrogens is 305 g/mol. The summed E-state index contributed by atoms with van der Waals surface area (Å²) in [4.78, 5) is 11.3. The Morgan fingerprint density at radius 1 is 1.25 bits per heavy atom. The van der Waals surface area contributed by atoms with E-state index in [0.29, 0.717) is 6.54 Å². The van der Waals surface area contributed by atoms with Crippen LogP contribution in [-0.2, 0) is 14.1 Å². The van der Waals surface area contributed by atoms with E-state index in [9.17, 15) is 9.90 Å². The Balaban J connectivity index is 2.35. The second-order valence-corrected chi connectivity index (χ2v) is 7.26. The van der Waals surface area contributed by atoms with Crippen molar-refractivity contribution in [2.24, 2.45) is 0 Å². The van der Waals surface area contributed by atoms with Crippen LogP contribution in [0.25, 0.3) is 6.08 Å². The van der Waals surface area contributed by atoms with E-state index in [1.807, 2.05) is 46.8 Å². The molecule has 0 radical (unpaired) electrons. The van der Waals surface area contributed by atoms with Gasteiger partial charge in [0.25, 0.3) is 0 Å². The number of phenolic OH excluding ortho intramolecular Hbond substituents is 1. The van der Waals surface area contributed by atoms with Crippen molar-refractivity contribution in [3.05, 3.63) is 34.8 Å². The molecular formula is C18H26BNO4. The third-order valence-corrected chi connectivity index (χ3v) is 4.69. The summed E-state index contributed by atoms with van der Waals surface area (Å²) in [6.45, 7) is 11.7. The van der Waals surface area contributed by atoms with Crippen molar-refractivity contribution in [1.82, 2.24) is 5.32 Å². The summed E-state index contributed by atoms with van der Waals surface area (Å²) >= 11 is 0. The van der Waals surface area contributed by atoms with Crippen molar-refractivity contribution in [3.8, 4) is 5.75 Å². The first-order valence-electron chi connectivity index (χ1n) is 8.12. The third kappa shape index (κ3) is 4.00. The van der Waals surface area contributed by atoms with E-state index >= 15 is 0 Å². The quantitative estimate of drug-likeness (QED) is 0.833. The van der Waals surface area contributed by atoms with Gasteiger partial charge in [-0.15, -0.1) is 0 Å². The van der Waals surface area contributed by atoms with Crippen LogP contribution in [0.2, 0.25) is 0 Å². The first-order valence-corrected chi connectivity index (χ1v) is 8.12. The zero-order valence-corrected chi connectivity index (χ0v) is 15.3. The lowest BCUT2D eigenvalue weighted by Gasteiger charge is -2.32. The minimum Gasteiger partial charge on any atom is -0.508 e. The van der Waals surface area contributed by atoms with Gasteiger partial charge >= 0.3 is 7.12 Å². The van der Waals surface area contributed by atoms with Crippen LogP contribution >= 0.6 is 0 Å². The lowest BCUT2D eigenvalue weighted by molar-refractivity contribution is -0.118. The molecule has 1 fully saturated rings. The average Bonchev–Trinajstić information content (AvgIpc) is 2.65. The number of benzene rings is 1. The lowest BCUT2D eigenvalue weighted by atomic mass is 9.76. The summed E-state index contributed by atoms with van der Waals surface area (Å²) in [5.41, 5.74) is 1.82. The normalized spacial score (nSPS) is 19.4. The maximum atomic E-state index is 11.3. The van der Waals surface area contributed by atoms with Crippen molar-refractivity contribution in [1.29, 1.82) is 0 Å². The lowest BCUT2D eigenvalue weighted by Crippen LogP contribution is -2.41. The highest BCUT2D eigenvalue weighted by molar-refractivity contribution is 6.56. The van der Waals surface area contributed by atoms with E-state index in [-0.39, 0.29) is 11.7 Å². The number of nitrogens with one attached hydrogen (secondary N) is 1. The number of amides is 1. The minimum atomic E-state index is -0.532. The molecule has 130 valence electrons. The van der Waals surface area contributed by atoms with E-state index in [0.717, 1.165) is 16.6 Å². The van der Waals surface area contributed by atoms with Gasteiger partial charge in [-0.3, -0.25) is 4.79 Å². The number of aromatic hydroxyl groups is 1. The highest BCUT2D eigenvalue weighted by Crippen LogP contribution is 2.38. The first kappa shape index (κ1) is 18.6. The molecule has 1 aliphatic rings. The molecule has 1 aliphatic heterocycles. The summed E-state index contributed by atoms with van der Waals surface area (Å²) in [5.74, 6) is 0.114. The number of hydrogen-bond donors (Lipinski definition) is 2. The number of carbonyl (C=O) groups is 1. The number of phenols is 1. The molecule has 1 amide bonds. The van der Waals surface area contributed by atoms with Crippen LogP contribution in [0.1, 0.15) is 45.7 Å². The minimum absolute atomic E-state index is 0.111. The molecule has 5 nitrogen and oxygen atoms in total. The van der Waals surface area contributed by atoms with Gasteiger partial charge in [0.1, 0.15) is 5.75 Å². The molecule has 1 heterocycles. The molecule has 24 heavy (non-hydrogen) atoms. The molecule has 2 N–H and O–H groups in total. The van der Waals surface area contributed by atoms with Gasteiger partial charge in [-0.05, 0) is 63.4 Å².